The fourth-order valence-electron chi connectivity index (χ4n) is 0.214. The van der Waals surface area contributed by atoms with Crippen molar-refractivity contribution in [1.82, 2.24) is 0 Å². The van der Waals surface area contributed by atoms with Crippen molar-refractivity contribution in [2.45, 2.75) is 6.92 Å². The highest BCUT2D eigenvalue weighted by Crippen LogP contribution is 1.81. The van der Waals surface area contributed by atoms with Gasteiger partial charge in [-0.2, -0.15) is 21.9 Å². The van der Waals surface area contributed by atoms with Gasteiger partial charge in [-0.15, -0.1) is 0 Å². The second-order valence-corrected chi connectivity index (χ2v) is 2.75. The summed E-state index contributed by atoms with van der Waals surface area (Å²) in [5, 5.41) is 0. The van der Waals surface area contributed by atoms with Crippen LogP contribution in [0.3, 0.4) is 0 Å². The monoisotopic (exact) mass is 158 g/mol. The highest BCUT2D eigenvalue weighted by Gasteiger charge is 1.94. The Hall–Kier alpha value is 0.260. The highest BCUT2D eigenvalue weighted by molar-refractivity contribution is 7.85. The van der Waals surface area contributed by atoms with Crippen LogP contribution in [-0.2, 0) is 14.3 Å². The maximum absolute atomic E-state index is 10.0. The van der Waals surface area contributed by atoms with Crippen molar-refractivity contribution >= 4 is 23.6 Å². The predicted molar refractivity (Wildman–Crippen MR) is 36.9 cm³/mol. The van der Waals surface area contributed by atoms with Gasteiger partial charge >= 0.3 is 0 Å². The molecule has 0 rings (SSSR count). The van der Waals surface area contributed by atoms with Gasteiger partial charge in [0, 0.05) is 0 Å². The Kier molecular flexibility index (Phi) is 5.79. The molecule has 0 N–H and O–H groups in total. The van der Waals surface area contributed by atoms with Gasteiger partial charge in [0.25, 0.3) is 10.1 Å². The summed E-state index contributed by atoms with van der Waals surface area (Å²) in [6.45, 7) is 1.85. The van der Waals surface area contributed by atoms with E-state index in [1.165, 1.54) is 0 Å². The van der Waals surface area contributed by atoms with Crippen LogP contribution < -0.4 is 0 Å². The van der Waals surface area contributed by atoms with E-state index in [-0.39, 0.29) is 20.1 Å². The van der Waals surface area contributed by atoms with Gasteiger partial charge in [-0.1, -0.05) is 0 Å². The molecular weight excluding hydrogens is 148 g/mol. The molecule has 0 heterocycles. The molecule has 0 aromatic rings. The Morgan fingerprint density at radius 1 is 1.50 bits per heavy atom. The molecule has 0 atom stereocenters. The first-order valence-electron chi connectivity index (χ1n) is 1.90. The lowest BCUT2D eigenvalue weighted by atomic mass is 10.9. The molecule has 0 saturated heterocycles. The molecule has 0 saturated carbocycles. The first kappa shape index (κ1) is 11.1. The Bertz CT molecular complexity index is 125. The lowest BCUT2D eigenvalue weighted by molar-refractivity contribution is 0.342. The van der Waals surface area contributed by atoms with E-state index >= 15 is 0 Å². The van der Waals surface area contributed by atoms with Crippen molar-refractivity contribution in [2.75, 3.05) is 12.9 Å². The van der Waals surface area contributed by atoms with E-state index < -0.39 is 10.1 Å². The quantitative estimate of drug-likeness (QED) is 0.535. The van der Waals surface area contributed by atoms with Crippen molar-refractivity contribution in [2.24, 2.45) is 0 Å². The predicted octanol–water partition coefficient (Wildman–Crippen LogP) is 0.0953. The van der Waals surface area contributed by atoms with Crippen molar-refractivity contribution < 1.29 is 12.6 Å². The summed E-state index contributed by atoms with van der Waals surface area (Å²) < 4.78 is 24.2. The summed E-state index contributed by atoms with van der Waals surface area (Å²) in [4.78, 5) is 0. The topological polar surface area (TPSA) is 43.4 Å². The summed E-state index contributed by atoms with van der Waals surface area (Å²) in [5.41, 5.74) is 0. The maximum Gasteiger partial charge on any atom is 0.264 e. The lowest BCUT2D eigenvalue weighted by Gasteiger charge is -1.90. The molecule has 0 spiro atoms. The van der Waals surface area contributed by atoms with Gasteiger partial charge in [-0.3, -0.25) is 4.18 Å². The molecule has 5 heteroatoms. The molecule has 0 bridgehead atoms. The van der Waals surface area contributed by atoms with Gasteiger partial charge in [0.05, 0.1) is 12.9 Å². The average molecular weight is 158 g/mol. The van der Waals surface area contributed by atoms with Crippen LogP contribution in [0.4, 0.5) is 0 Å². The van der Waals surface area contributed by atoms with Gasteiger partial charge in [0.2, 0.25) is 0 Å². The fraction of sp³-hybridized carbons (Fsp3) is 1.00. The van der Waals surface area contributed by atoms with Gasteiger partial charge in [0.1, 0.15) is 0 Å². The van der Waals surface area contributed by atoms with Crippen LogP contribution in [-0.4, -0.2) is 21.3 Å². The minimum atomic E-state index is -3.17. The van der Waals surface area contributed by atoms with Crippen molar-refractivity contribution in [1.29, 1.82) is 0 Å². The molecule has 0 aliphatic rings. The molecule has 8 heavy (non-hydrogen) atoms. The maximum atomic E-state index is 10.0. The van der Waals surface area contributed by atoms with Crippen LogP contribution in [0.1, 0.15) is 6.92 Å². The Labute approximate surface area is 56.6 Å². The van der Waals surface area contributed by atoms with E-state index in [0.717, 1.165) is 6.26 Å². The largest absolute Gasteiger partial charge is 0.271 e. The SMILES string of the molecule is CCOS(C)(=O)=O.S. The molecule has 0 amide bonds. The van der Waals surface area contributed by atoms with Gasteiger partial charge in [-0.25, -0.2) is 0 Å². The molecule has 0 fully saturated rings. The van der Waals surface area contributed by atoms with Crippen LogP contribution >= 0.6 is 13.5 Å². The molecule has 0 aliphatic carbocycles. The molecule has 0 unspecified atom stereocenters. The van der Waals surface area contributed by atoms with E-state index in [4.69, 9.17) is 0 Å². The zero-order valence-electron chi connectivity index (χ0n) is 4.84. The van der Waals surface area contributed by atoms with Crippen LogP contribution in [0.25, 0.3) is 0 Å². The van der Waals surface area contributed by atoms with E-state index in [1.54, 1.807) is 6.92 Å². The Morgan fingerprint density at radius 2 is 1.88 bits per heavy atom. The standard InChI is InChI=1S/C3H8O3S.H2S/c1-3-6-7(2,4)5;/h3H2,1-2H3;1H2. The minimum Gasteiger partial charge on any atom is -0.271 e. The third kappa shape index (κ3) is 9.54. The first-order valence-corrected chi connectivity index (χ1v) is 3.72. The van der Waals surface area contributed by atoms with Crippen LogP contribution in [0.5, 0.6) is 0 Å². The van der Waals surface area contributed by atoms with E-state index in [1.807, 2.05) is 0 Å². The summed E-state index contributed by atoms with van der Waals surface area (Å²) in [5.74, 6) is 0. The zero-order chi connectivity index (χ0) is 5.91. The van der Waals surface area contributed by atoms with Crippen molar-refractivity contribution in [3.63, 3.8) is 0 Å². The van der Waals surface area contributed by atoms with Gasteiger partial charge in [0.15, 0.2) is 0 Å². The molecular formula is C3H10O3S2. The van der Waals surface area contributed by atoms with Gasteiger partial charge < -0.3 is 0 Å². The molecule has 0 aliphatic heterocycles. The molecule has 0 aromatic carbocycles. The first-order chi connectivity index (χ1) is 3.06. The summed E-state index contributed by atoms with van der Waals surface area (Å²) in [6.07, 6.45) is 1.02. The molecule has 52 valence electrons. The van der Waals surface area contributed by atoms with Gasteiger partial charge in [-0.05, 0) is 6.92 Å². The third-order valence-electron chi connectivity index (χ3n) is 0.332. The van der Waals surface area contributed by atoms with Crippen molar-refractivity contribution in [3.05, 3.63) is 0 Å². The number of hydrogen-bond acceptors (Lipinski definition) is 3. The fourth-order valence-corrected chi connectivity index (χ4v) is 0.642. The summed E-state index contributed by atoms with van der Waals surface area (Å²) in [7, 11) is -3.17. The average Bonchev–Trinajstić information content (AvgIpc) is 1.30. The lowest BCUT2D eigenvalue weighted by Crippen LogP contribution is -2.00. The number of hydrogen-bond donors (Lipinski definition) is 0. The highest BCUT2D eigenvalue weighted by atomic mass is 32.2. The molecule has 0 radical (unpaired) electrons. The van der Waals surface area contributed by atoms with Crippen molar-refractivity contribution in [3.8, 4) is 0 Å². The van der Waals surface area contributed by atoms with Crippen LogP contribution in [0, 0.1) is 0 Å². The van der Waals surface area contributed by atoms with E-state index in [0.29, 0.717) is 0 Å². The summed E-state index contributed by atoms with van der Waals surface area (Å²) in [6, 6.07) is 0. The summed E-state index contributed by atoms with van der Waals surface area (Å²) >= 11 is 0. The second-order valence-electron chi connectivity index (χ2n) is 1.11. The van der Waals surface area contributed by atoms with Crippen LogP contribution in [0.2, 0.25) is 0 Å². The van der Waals surface area contributed by atoms with E-state index in [2.05, 4.69) is 4.18 Å². The second kappa shape index (κ2) is 4.17. The zero-order valence-corrected chi connectivity index (χ0v) is 6.66. The smallest absolute Gasteiger partial charge is 0.264 e. The number of rotatable bonds is 2. The van der Waals surface area contributed by atoms with E-state index in [9.17, 15) is 8.42 Å². The third-order valence-corrected chi connectivity index (χ3v) is 0.996. The van der Waals surface area contributed by atoms with Crippen LogP contribution in [0.15, 0.2) is 0 Å². The Balaban J connectivity index is 0. The Morgan fingerprint density at radius 3 is 1.88 bits per heavy atom. The molecule has 3 nitrogen and oxygen atoms in total. The minimum absolute atomic E-state index is 0. The molecule has 0 aromatic heterocycles. The normalized spacial score (nSPS) is 10.2.